The first kappa shape index (κ1) is 25.4. The Labute approximate surface area is 196 Å². The number of benzene rings is 1. The highest BCUT2D eigenvalue weighted by molar-refractivity contribution is 6.30. The molecule has 3 aromatic rings. The van der Waals surface area contributed by atoms with Crippen LogP contribution in [-0.2, 0) is 11.4 Å². The van der Waals surface area contributed by atoms with E-state index in [2.05, 4.69) is 25.1 Å². The molecule has 2 aromatic heterocycles. The normalized spacial score (nSPS) is 12.4. The van der Waals surface area contributed by atoms with Gasteiger partial charge in [0.25, 0.3) is 5.91 Å². The quantitative estimate of drug-likeness (QED) is 0.285. The van der Waals surface area contributed by atoms with E-state index in [4.69, 9.17) is 11.6 Å². The van der Waals surface area contributed by atoms with Crippen LogP contribution in [0.15, 0.2) is 36.5 Å². The fourth-order valence-electron chi connectivity index (χ4n) is 3.27. The lowest BCUT2D eigenvalue weighted by Crippen LogP contribution is -2.31. The number of nitrogens with zero attached hydrogens (tertiary/aromatic N) is 2. The first-order valence-corrected chi connectivity index (χ1v) is 10.3. The van der Waals surface area contributed by atoms with E-state index in [1.165, 1.54) is 12.3 Å². The number of carbonyl (C=O) groups excluding carboxylic acids is 1. The fourth-order valence-corrected chi connectivity index (χ4v) is 3.47. The first-order chi connectivity index (χ1) is 16.1. The Morgan fingerprint density at radius 3 is 2.71 bits per heavy atom. The van der Waals surface area contributed by atoms with Gasteiger partial charge in [0.15, 0.2) is 6.61 Å². The molecule has 13 heteroatoms. The van der Waals surface area contributed by atoms with Crippen LogP contribution in [-0.4, -0.2) is 50.5 Å². The molecule has 0 radical (unpaired) electrons. The van der Waals surface area contributed by atoms with Crippen LogP contribution in [0.1, 0.15) is 33.4 Å². The molecule has 1 atom stereocenters. The van der Waals surface area contributed by atoms with Gasteiger partial charge < -0.3 is 20.5 Å². The second-order valence-electron chi connectivity index (χ2n) is 7.17. The number of alkyl halides is 3. The summed E-state index contributed by atoms with van der Waals surface area (Å²) >= 11 is 5.99. The number of amides is 1. The minimum atomic E-state index is -4.54. The summed E-state index contributed by atoms with van der Waals surface area (Å²) in [5.74, 6) is -0.795. The number of carbonyl (C=O) groups is 1. The molecule has 0 aliphatic heterocycles. The molecule has 182 valence electrons. The summed E-state index contributed by atoms with van der Waals surface area (Å²) in [5, 5.41) is 22.7. The smallest absolute Gasteiger partial charge is 0.394 e. The predicted octanol–water partition coefficient (Wildman–Crippen LogP) is 3.30. The van der Waals surface area contributed by atoms with Crippen molar-refractivity contribution in [3.8, 4) is 11.3 Å². The molecule has 34 heavy (non-hydrogen) atoms. The third kappa shape index (κ3) is 6.23. The van der Waals surface area contributed by atoms with E-state index in [0.29, 0.717) is 21.7 Å². The average Bonchev–Trinajstić information content (AvgIpc) is 3.13. The monoisotopic (exact) mass is 499 g/mol. The Balaban J connectivity index is 1.85. The number of anilines is 1. The number of aliphatic hydroxyl groups excluding tert-OH is 2. The van der Waals surface area contributed by atoms with Crippen molar-refractivity contribution in [2.24, 2.45) is 0 Å². The molecule has 0 aliphatic rings. The van der Waals surface area contributed by atoms with Crippen molar-refractivity contribution in [3.63, 3.8) is 0 Å². The molecule has 0 unspecified atom stereocenters. The third-order valence-electron chi connectivity index (χ3n) is 4.76. The summed E-state index contributed by atoms with van der Waals surface area (Å²) < 4.78 is 36.8. The Hall–Kier alpha value is -3.19. The summed E-state index contributed by atoms with van der Waals surface area (Å²) in [7, 11) is 0. The standard InChI is InChI=1S/C21H21ClF3N5O4/c1-11-17(14-5-6-26-20(29-14)30-34-10-21(23,24)25)16(9-32)27-18(11)19(33)28-15(8-31)12-3-2-4-13(22)7-12/h2-7,15,27,31-32H,8-10H2,1H3,(H,28,33)(H,26,29,30)/t15-/m1/s1. The molecule has 2 heterocycles. The van der Waals surface area contributed by atoms with Crippen LogP contribution in [0, 0.1) is 6.92 Å². The van der Waals surface area contributed by atoms with Gasteiger partial charge in [-0.1, -0.05) is 23.7 Å². The summed E-state index contributed by atoms with van der Waals surface area (Å²) in [6, 6.07) is 7.40. The van der Waals surface area contributed by atoms with Crippen molar-refractivity contribution in [2.45, 2.75) is 25.7 Å². The largest absolute Gasteiger partial charge is 0.414 e. The van der Waals surface area contributed by atoms with Gasteiger partial charge in [0.1, 0.15) is 5.69 Å². The number of aliphatic hydroxyl groups is 2. The van der Waals surface area contributed by atoms with Crippen LogP contribution in [0.3, 0.4) is 0 Å². The number of nitrogens with one attached hydrogen (secondary N) is 3. The summed E-state index contributed by atoms with van der Waals surface area (Å²) in [6.45, 7) is -0.791. The average molecular weight is 500 g/mol. The number of aromatic amines is 1. The summed E-state index contributed by atoms with van der Waals surface area (Å²) in [6.07, 6.45) is -3.25. The van der Waals surface area contributed by atoms with Gasteiger partial charge in [-0.3, -0.25) is 9.63 Å². The Morgan fingerprint density at radius 2 is 2.06 bits per heavy atom. The van der Waals surface area contributed by atoms with E-state index in [0.717, 1.165) is 0 Å². The lowest BCUT2D eigenvalue weighted by atomic mass is 10.0. The summed E-state index contributed by atoms with van der Waals surface area (Å²) in [4.78, 5) is 28.1. The Bertz CT molecular complexity index is 1160. The Kier molecular flexibility index (Phi) is 8.10. The topological polar surface area (TPSA) is 132 Å². The highest BCUT2D eigenvalue weighted by Crippen LogP contribution is 2.30. The number of halogens is 4. The van der Waals surface area contributed by atoms with Gasteiger partial charge in [-0.25, -0.2) is 15.4 Å². The minimum absolute atomic E-state index is 0.112. The van der Waals surface area contributed by atoms with Crippen molar-refractivity contribution in [1.29, 1.82) is 0 Å². The molecular weight excluding hydrogens is 479 g/mol. The molecule has 0 spiro atoms. The molecule has 0 aliphatic carbocycles. The van der Waals surface area contributed by atoms with Gasteiger partial charge in [0.2, 0.25) is 5.95 Å². The van der Waals surface area contributed by atoms with Crippen LogP contribution in [0.5, 0.6) is 0 Å². The number of rotatable bonds is 9. The van der Waals surface area contributed by atoms with Crippen LogP contribution >= 0.6 is 11.6 Å². The molecule has 0 bridgehead atoms. The zero-order valence-corrected chi connectivity index (χ0v) is 18.5. The molecule has 0 fully saturated rings. The van der Waals surface area contributed by atoms with Crippen LogP contribution in [0.4, 0.5) is 19.1 Å². The molecule has 9 nitrogen and oxygen atoms in total. The molecule has 0 saturated carbocycles. The van der Waals surface area contributed by atoms with Crippen LogP contribution < -0.4 is 10.8 Å². The SMILES string of the molecule is Cc1c(C(=O)N[C@H](CO)c2cccc(Cl)c2)[nH]c(CO)c1-c1ccnc(NOCC(F)(F)F)n1. The number of aromatic nitrogens is 3. The maximum absolute atomic E-state index is 13.0. The molecule has 5 N–H and O–H groups in total. The van der Waals surface area contributed by atoms with E-state index < -0.39 is 31.3 Å². The minimum Gasteiger partial charge on any atom is -0.394 e. The molecule has 1 amide bonds. The van der Waals surface area contributed by atoms with Gasteiger partial charge in [-0.05, 0) is 36.2 Å². The van der Waals surface area contributed by atoms with E-state index >= 15 is 0 Å². The zero-order valence-electron chi connectivity index (χ0n) is 17.8. The molecule has 3 rings (SSSR count). The second kappa shape index (κ2) is 10.8. The van der Waals surface area contributed by atoms with Gasteiger partial charge >= 0.3 is 6.18 Å². The van der Waals surface area contributed by atoms with Gasteiger partial charge in [-0.2, -0.15) is 13.2 Å². The summed E-state index contributed by atoms with van der Waals surface area (Å²) in [5.41, 5.74) is 4.02. The number of H-pyrrole nitrogens is 1. The van der Waals surface area contributed by atoms with Gasteiger partial charge in [0.05, 0.1) is 30.6 Å². The second-order valence-corrected chi connectivity index (χ2v) is 7.61. The van der Waals surface area contributed by atoms with Crippen molar-refractivity contribution < 1.29 is 33.0 Å². The van der Waals surface area contributed by atoms with Crippen molar-refractivity contribution in [1.82, 2.24) is 20.3 Å². The van der Waals surface area contributed by atoms with Gasteiger partial charge in [0, 0.05) is 16.8 Å². The highest BCUT2D eigenvalue weighted by Gasteiger charge is 2.28. The Morgan fingerprint density at radius 1 is 1.29 bits per heavy atom. The zero-order chi connectivity index (χ0) is 24.9. The maximum Gasteiger partial charge on any atom is 0.414 e. The molecule has 1 aromatic carbocycles. The van der Waals surface area contributed by atoms with Crippen molar-refractivity contribution in [2.75, 3.05) is 18.7 Å². The predicted molar refractivity (Wildman–Crippen MR) is 117 cm³/mol. The van der Waals surface area contributed by atoms with Crippen molar-refractivity contribution in [3.05, 3.63) is 64.1 Å². The van der Waals surface area contributed by atoms with Crippen LogP contribution in [0.25, 0.3) is 11.3 Å². The molecule has 0 saturated heterocycles. The highest BCUT2D eigenvalue weighted by atomic mass is 35.5. The van der Waals surface area contributed by atoms with Gasteiger partial charge in [-0.15, -0.1) is 0 Å². The molecular formula is C21H21ClF3N5O4. The first-order valence-electron chi connectivity index (χ1n) is 9.90. The third-order valence-corrected chi connectivity index (χ3v) is 5.00. The van der Waals surface area contributed by atoms with E-state index in [-0.39, 0.29) is 29.6 Å². The van der Waals surface area contributed by atoms with E-state index in [1.807, 2.05) is 5.48 Å². The lowest BCUT2D eigenvalue weighted by molar-refractivity contribution is -0.167. The maximum atomic E-state index is 13.0. The van der Waals surface area contributed by atoms with Crippen molar-refractivity contribution >= 4 is 23.5 Å². The fraction of sp³-hybridized carbons (Fsp3) is 0.286. The number of hydrogen-bond donors (Lipinski definition) is 5. The van der Waals surface area contributed by atoms with Crippen LogP contribution in [0.2, 0.25) is 5.02 Å². The number of hydrogen-bond acceptors (Lipinski definition) is 7. The van der Waals surface area contributed by atoms with E-state index in [9.17, 15) is 28.2 Å². The lowest BCUT2D eigenvalue weighted by Gasteiger charge is -2.17. The van der Waals surface area contributed by atoms with E-state index in [1.54, 1.807) is 31.2 Å².